The second-order valence-corrected chi connectivity index (χ2v) is 10.5. The normalized spacial score (nSPS) is 10.5. The molecule has 0 saturated heterocycles. The number of rotatable bonds is 15. The molecule has 6 nitrogen and oxygen atoms in total. The fourth-order valence-corrected chi connectivity index (χ4v) is 4.49. The van der Waals surface area contributed by atoms with Crippen molar-refractivity contribution in [2.24, 2.45) is 4.99 Å². The Balaban J connectivity index is 1.20. The lowest BCUT2D eigenvalue weighted by Crippen LogP contribution is -2.35. The van der Waals surface area contributed by atoms with Crippen LogP contribution in [-0.4, -0.2) is 57.2 Å². The minimum Gasteiger partial charge on any atom is -0.494 e. The van der Waals surface area contributed by atoms with E-state index < -0.39 is 0 Å². The highest BCUT2D eigenvalue weighted by molar-refractivity contribution is 5.82. The number of hydrogen-bond acceptors (Lipinski definition) is 3. The number of nitrogens with zero attached hydrogens (tertiary/aromatic N) is 3. The number of hydrogen-bond donors (Lipinski definition) is 1. The van der Waals surface area contributed by atoms with Crippen LogP contribution < -0.4 is 14.7 Å². The Bertz CT molecular complexity index is 1200. The summed E-state index contributed by atoms with van der Waals surface area (Å²) in [6.45, 7) is 1.51. The molecule has 0 aromatic heterocycles. The molecule has 3 aromatic rings. The van der Waals surface area contributed by atoms with Gasteiger partial charge in [0, 0.05) is 34.3 Å². The summed E-state index contributed by atoms with van der Waals surface area (Å²) in [6, 6.07) is 26.5. The third-order valence-electron chi connectivity index (χ3n) is 6.64. The van der Waals surface area contributed by atoms with Gasteiger partial charge in [0.2, 0.25) is 5.96 Å². The molecule has 0 aliphatic heterocycles. The Kier molecular flexibility index (Phi) is 12.9. The molecular formula is C34H45N4O2+. The van der Waals surface area contributed by atoms with Crippen LogP contribution in [0.1, 0.15) is 56.9 Å². The van der Waals surface area contributed by atoms with Gasteiger partial charge < -0.3 is 19.3 Å². The largest absolute Gasteiger partial charge is 0.494 e. The van der Waals surface area contributed by atoms with Gasteiger partial charge in [-0.2, -0.15) is 0 Å². The fourth-order valence-electron chi connectivity index (χ4n) is 4.49. The molecule has 0 radical (unpaired) electrons. The number of unbranched alkanes of at least 4 members (excludes halogenated alkanes) is 7. The van der Waals surface area contributed by atoms with Gasteiger partial charge in [-0.25, -0.2) is 4.99 Å². The molecule has 6 heteroatoms. The lowest BCUT2D eigenvalue weighted by atomic mass is 10.0. The van der Waals surface area contributed by atoms with Gasteiger partial charge in [0.25, 0.3) is 0 Å². The van der Waals surface area contributed by atoms with Crippen LogP contribution in [0.15, 0.2) is 77.8 Å². The Morgan fingerprint density at radius 2 is 1.15 bits per heavy atom. The highest BCUT2D eigenvalue weighted by Crippen LogP contribution is 2.23. The van der Waals surface area contributed by atoms with E-state index in [4.69, 9.17) is 19.7 Å². The van der Waals surface area contributed by atoms with Crippen molar-refractivity contribution in [3.63, 3.8) is 0 Å². The maximum absolute atomic E-state index is 7.19. The van der Waals surface area contributed by atoms with Crippen LogP contribution in [0.25, 0.3) is 11.1 Å². The summed E-state index contributed by atoms with van der Waals surface area (Å²) in [5, 5.41) is 7.19. The van der Waals surface area contributed by atoms with E-state index in [9.17, 15) is 0 Å². The lowest BCUT2D eigenvalue weighted by molar-refractivity contribution is -0.0909. The third-order valence-corrected chi connectivity index (χ3v) is 6.64. The fraction of sp³-hybridized carbons (Fsp3) is 0.412. The first kappa shape index (κ1) is 30.6. The van der Waals surface area contributed by atoms with E-state index >= 15 is 0 Å². The molecule has 0 fully saturated rings. The van der Waals surface area contributed by atoms with E-state index in [-0.39, 0.29) is 0 Å². The average Bonchev–Trinajstić information content (AvgIpc) is 2.97. The van der Waals surface area contributed by atoms with E-state index in [0.29, 0.717) is 0 Å². The summed E-state index contributed by atoms with van der Waals surface area (Å²) in [4.78, 5) is 8.74. The molecule has 3 aromatic carbocycles. The highest BCUT2D eigenvalue weighted by Gasteiger charge is 2.05. The maximum Gasteiger partial charge on any atom is 0.308 e. The topological polar surface area (TPSA) is 61.1 Å². The molecule has 212 valence electrons. The summed E-state index contributed by atoms with van der Waals surface area (Å²) in [5.74, 6) is 2.70. The minimum atomic E-state index is 0.745. The van der Waals surface area contributed by atoms with Gasteiger partial charge in [0.15, 0.2) is 0 Å². The van der Waals surface area contributed by atoms with Crippen molar-refractivity contribution in [2.45, 2.75) is 51.4 Å². The van der Waals surface area contributed by atoms with E-state index in [1.807, 2.05) is 98.7 Å². The van der Waals surface area contributed by atoms with Crippen molar-refractivity contribution in [3.05, 3.63) is 78.4 Å². The molecule has 3 rings (SSSR count). The van der Waals surface area contributed by atoms with Crippen molar-refractivity contribution >= 4 is 11.6 Å². The molecule has 0 atom stereocenters. The number of aliphatic imine (C=N–C) groups is 1. The van der Waals surface area contributed by atoms with E-state index in [0.717, 1.165) is 65.9 Å². The molecule has 0 bridgehead atoms. The van der Waals surface area contributed by atoms with Crippen molar-refractivity contribution in [1.29, 1.82) is 0 Å². The van der Waals surface area contributed by atoms with Gasteiger partial charge in [-0.15, -0.1) is 0 Å². The summed E-state index contributed by atoms with van der Waals surface area (Å²) < 4.78 is 11.9. The molecular weight excluding hydrogens is 496 g/mol. The number of benzene rings is 3. The van der Waals surface area contributed by atoms with Crippen LogP contribution >= 0.6 is 0 Å². The van der Waals surface area contributed by atoms with Gasteiger partial charge in [0.05, 0.1) is 18.9 Å². The molecule has 40 heavy (non-hydrogen) atoms. The quantitative estimate of drug-likeness (QED) is 0.142. The SMILES string of the molecule is CN(C)C(=Nc1cccc(OCCCCCCCCCCOc2ccc(-c3ccc(C#[NH+])cc3)cc2)c1)N(C)C. The van der Waals surface area contributed by atoms with E-state index in [1.54, 1.807) is 0 Å². The van der Waals surface area contributed by atoms with Crippen LogP contribution in [-0.2, 0) is 0 Å². The molecule has 0 aliphatic carbocycles. The van der Waals surface area contributed by atoms with E-state index in [2.05, 4.69) is 18.2 Å². The molecule has 0 unspecified atom stereocenters. The zero-order valence-electron chi connectivity index (χ0n) is 24.7. The van der Waals surface area contributed by atoms with Crippen LogP contribution in [0.3, 0.4) is 0 Å². The molecule has 0 spiro atoms. The Morgan fingerprint density at radius 1 is 0.650 bits per heavy atom. The second kappa shape index (κ2) is 16.9. The highest BCUT2D eigenvalue weighted by atomic mass is 16.5. The second-order valence-electron chi connectivity index (χ2n) is 10.5. The predicted octanol–water partition coefficient (Wildman–Crippen LogP) is 6.16. The summed E-state index contributed by atoms with van der Waals surface area (Å²) in [5.41, 5.74) is 3.97. The van der Waals surface area contributed by atoms with Crippen LogP contribution in [0.5, 0.6) is 11.5 Å². The van der Waals surface area contributed by atoms with Crippen LogP contribution in [0.4, 0.5) is 5.69 Å². The minimum absolute atomic E-state index is 0.745. The van der Waals surface area contributed by atoms with Gasteiger partial charge in [-0.3, -0.25) is 0 Å². The van der Waals surface area contributed by atoms with Crippen LogP contribution in [0.2, 0.25) is 0 Å². The van der Waals surface area contributed by atoms with Crippen molar-refractivity contribution < 1.29 is 14.7 Å². The first-order valence-electron chi connectivity index (χ1n) is 14.4. The maximum atomic E-state index is 7.19. The van der Waals surface area contributed by atoms with Crippen molar-refractivity contribution in [1.82, 2.24) is 9.80 Å². The average molecular weight is 542 g/mol. The monoisotopic (exact) mass is 541 g/mol. The van der Waals surface area contributed by atoms with Crippen molar-refractivity contribution in [3.8, 4) is 28.7 Å². The summed E-state index contributed by atoms with van der Waals surface area (Å²) in [6.07, 6.45) is 9.66. The smallest absolute Gasteiger partial charge is 0.308 e. The number of nitrogens with one attached hydrogen (secondary N) is 1. The van der Waals surface area contributed by atoms with Gasteiger partial charge in [-0.05, 0) is 60.4 Å². The van der Waals surface area contributed by atoms with Crippen molar-refractivity contribution in [2.75, 3.05) is 41.4 Å². The summed E-state index contributed by atoms with van der Waals surface area (Å²) in [7, 11) is 7.99. The number of ether oxygens (including phenoxy) is 2. The zero-order valence-corrected chi connectivity index (χ0v) is 24.7. The molecule has 0 aliphatic rings. The third kappa shape index (κ3) is 10.6. The predicted molar refractivity (Wildman–Crippen MR) is 165 cm³/mol. The molecule has 0 heterocycles. The summed E-state index contributed by atoms with van der Waals surface area (Å²) >= 11 is 0. The van der Waals surface area contributed by atoms with E-state index in [1.165, 1.54) is 38.5 Å². The molecule has 0 amide bonds. The first-order chi connectivity index (χ1) is 19.5. The van der Waals surface area contributed by atoms with Gasteiger partial charge in [-0.1, -0.05) is 74.1 Å². The van der Waals surface area contributed by atoms with Gasteiger partial charge in [0.1, 0.15) is 17.1 Å². The number of guanidine groups is 1. The first-order valence-corrected chi connectivity index (χ1v) is 14.4. The van der Waals surface area contributed by atoms with Crippen LogP contribution in [0, 0.1) is 6.07 Å². The molecule has 0 saturated carbocycles. The molecule has 1 N–H and O–H groups in total. The lowest BCUT2D eigenvalue weighted by Gasteiger charge is -2.22. The Morgan fingerprint density at radius 3 is 1.68 bits per heavy atom. The zero-order chi connectivity index (χ0) is 28.6. The Hall–Kier alpha value is -3.98. The van der Waals surface area contributed by atoms with Gasteiger partial charge >= 0.3 is 6.07 Å². The standard InChI is InChI=1S/C34H44N4O2/c1-37(2)34(38(3)4)36-31-14-13-15-33(26-31)40-25-12-10-8-6-5-7-9-11-24-39-32-22-20-30(21-23-32)29-18-16-28(27-35)17-19-29/h13-23,26H,5-12,24-25H2,1-4H3/p+1. The Labute approximate surface area is 240 Å².